The standard InChI is InChI=1S/C15H19F3N2O/c1-13(2)7-8-14(12(19)21,20-9-15(16,17)18)11-6-4-3-5-10(11)13/h3-6,20H,7-9H2,1-2H3,(H2,19,21). The molecule has 0 radical (unpaired) electrons. The second-order valence-electron chi connectivity index (χ2n) is 6.17. The number of fused-ring (bicyclic) bond motifs is 1. The Morgan fingerprint density at radius 3 is 2.33 bits per heavy atom. The molecular formula is C15H19F3N2O. The Kier molecular flexibility index (Phi) is 3.78. The molecule has 0 aromatic heterocycles. The lowest BCUT2D eigenvalue weighted by atomic mass is 9.65. The number of benzene rings is 1. The van der Waals surface area contributed by atoms with Gasteiger partial charge in [-0.3, -0.25) is 10.1 Å². The molecule has 1 aromatic rings. The molecule has 0 aliphatic heterocycles. The summed E-state index contributed by atoms with van der Waals surface area (Å²) >= 11 is 0. The van der Waals surface area contributed by atoms with Crippen LogP contribution >= 0.6 is 0 Å². The van der Waals surface area contributed by atoms with E-state index in [0.717, 1.165) is 5.56 Å². The zero-order valence-electron chi connectivity index (χ0n) is 12.1. The number of rotatable bonds is 3. The fraction of sp³-hybridized carbons (Fsp3) is 0.533. The van der Waals surface area contributed by atoms with E-state index in [1.807, 2.05) is 26.0 Å². The minimum Gasteiger partial charge on any atom is -0.368 e. The average Bonchev–Trinajstić information content (AvgIpc) is 2.37. The first kappa shape index (κ1) is 15.8. The molecule has 1 unspecified atom stereocenters. The zero-order valence-corrected chi connectivity index (χ0v) is 12.1. The first-order valence-electron chi connectivity index (χ1n) is 6.80. The lowest BCUT2D eigenvalue weighted by Gasteiger charge is -2.44. The maximum atomic E-state index is 12.6. The van der Waals surface area contributed by atoms with Gasteiger partial charge < -0.3 is 5.73 Å². The van der Waals surface area contributed by atoms with E-state index < -0.39 is 24.2 Å². The van der Waals surface area contributed by atoms with Crippen molar-refractivity contribution in [3.8, 4) is 0 Å². The van der Waals surface area contributed by atoms with Gasteiger partial charge in [0.2, 0.25) is 5.91 Å². The van der Waals surface area contributed by atoms with Gasteiger partial charge in [-0.05, 0) is 29.4 Å². The summed E-state index contributed by atoms with van der Waals surface area (Å²) in [6, 6.07) is 7.07. The third-order valence-corrected chi connectivity index (χ3v) is 4.25. The van der Waals surface area contributed by atoms with Gasteiger partial charge in [0.15, 0.2) is 0 Å². The van der Waals surface area contributed by atoms with Crippen LogP contribution in [0.3, 0.4) is 0 Å². The topological polar surface area (TPSA) is 55.1 Å². The number of halogens is 3. The molecule has 21 heavy (non-hydrogen) atoms. The SMILES string of the molecule is CC1(C)CCC(NCC(F)(F)F)(C(N)=O)c2ccccc21. The van der Waals surface area contributed by atoms with E-state index in [4.69, 9.17) is 5.73 Å². The monoisotopic (exact) mass is 300 g/mol. The minimum atomic E-state index is -4.40. The van der Waals surface area contributed by atoms with E-state index in [1.54, 1.807) is 12.1 Å². The van der Waals surface area contributed by atoms with E-state index in [0.29, 0.717) is 12.0 Å². The van der Waals surface area contributed by atoms with Crippen molar-refractivity contribution >= 4 is 5.91 Å². The van der Waals surface area contributed by atoms with E-state index in [1.165, 1.54) is 0 Å². The van der Waals surface area contributed by atoms with Crippen LogP contribution in [-0.2, 0) is 15.7 Å². The average molecular weight is 300 g/mol. The fourth-order valence-electron chi connectivity index (χ4n) is 2.99. The van der Waals surface area contributed by atoms with E-state index in [9.17, 15) is 18.0 Å². The number of nitrogens with one attached hydrogen (secondary N) is 1. The Morgan fingerprint density at radius 1 is 1.24 bits per heavy atom. The summed E-state index contributed by atoms with van der Waals surface area (Å²) < 4.78 is 37.7. The molecule has 6 heteroatoms. The molecule has 0 fully saturated rings. The van der Waals surface area contributed by atoms with Crippen LogP contribution in [0.5, 0.6) is 0 Å². The molecular weight excluding hydrogens is 281 g/mol. The second-order valence-corrected chi connectivity index (χ2v) is 6.17. The van der Waals surface area contributed by atoms with Crippen LogP contribution in [0.15, 0.2) is 24.3 Å². The summed E-state index contributed by atoms with van der Waals surface area (Å²) in [6.45, 7) is 2.78. The highest BCUT2D eigenvalue weighted by molar-refractivity contribution is 5.87. The highest BCUT2D eigenvalue weighted by atomic mass is 19.4. The zero-order chi connectivity index (χ0) is 15.9. The van der Waals surface area contributed by atoms with Crippen molar-refractivity contribution in [1.82, 2.24) is 5.32 Å². The minimum absolute atomic E-state index is 0.199. The Bertz CT molecular complexity index is 554. The van der Waals surface area contributed by atoms with Crippen LogP contribution in [0.25, 0.3) is 0 Å². The summed E-state index contributed by atoms with van der Waals surface area (Å²) in [6.07, 6.45) is -3.56. The Balaban J connectivity index is 2.50. The summed E-state index contributed by atoms with van der Waals surface area (Å²) in [7, 11) is 0. The van der Waals surface area contributed by atoms with Crippen molar-refractivity contribution in [3.63, 3.8) is 0 Å². The van der Waals surface area contributed by atoms with Gasteiger partial charge in [0, 0.05) is 0 Å². The van der Waals surface area contributed by atoms with Crippen molar-refractivity contribution in [2.45, 2.75) is 43.8 Å². The van der Waals surface area contributed by atoms with Crippen LogP contribution in [0.1, 0.15) is 37.8 Å². The van der Waals surface area contributed by atoms with Gasteiger partial charge in [-0.15, -0.1) is 0 Å². The van der Waals surface area contributed by atoms with Crippen molar-refractivity contribution in [1.29, 1.82) is 0 Å². The molecule has 0 spiro atoms. The van der Waals surface area contributed by atoms with Gasteiger partial charge in [-0.1, -0.05) is 38.1 Å². The summed E-state index contributed by atoms with van der Waals surface area (Å²) in [5, 5.41) is 2.37. The number of hydrogen-bond acceptors (Lipinski definition) is 2. The highest BCUT2D eigenvalue weighted by Gasteiger charge is 2.48. The van der Waals surface area contributed by atoms with Crippen molar-refractivity contribution in [3.05, 3.63) is 35.4 Å². The number of hydrogen-bond donors (Lipinski definition) is 2. The van der Waals surface area contributed by atoms with Gasteiger partial charge in [-0.2, -0.15) is 13.2 Å². The molecule has 0 bridgehead atoms. The van der Waals surface area contributed by atoms with Crippen LogP contribution in [-0.4, -0.2) is 18.6 Å². The summed E-state index contributed by atoms with van der Waals surface area (Å²) in [4.78, 5) is 12.0. The van der Waals surface area contributed by atoms with E-state index >= 15 is 0 Å². The smallest absolute Gasteiger partial charge is 0.368 e. The summed E-state index contributed by atoms with van der Waals surface area (Å²) in [5.74, 6) is -0.769. The third-order valence-electron chi connectivity index (χ3n) is 4.25. The Labute approximate surface area is 121 Å². The number of carbonyl (C=O) groups is 1. The molecule has 3 N–H and O–H groups in total. The van der Waals surface area contributed by atoms with Crippen LogP contribution in [0.4, 0.5) is 13.2 Å². The van der Waals surface area contributed by atoms with Crippen LogP contribution in [0, 0.1) is 0 Å². The first-order valence-corrected chi connectivity index (χ1v) is 6.80. The van der Waals surface area contributed by atoms with Gasteiger partial charge in [0.25, 0.3) is 0 Å². The predicted molar refractivity (Wildman–Crippen MR) is 73.6 cm³/mol. The van der Waals surface area contributed by atoms with Crippen LogP contribution in [0.2, 0.25) is 0 Å². The van der Waals surface area contributed by atoms with Gasteiger partial charge >= 0.3 is 6.18 Å². The molecule has 1 atom stereocenters. The molecule has 0 saturated carbocycles. The largest absolute Gasteiger partial charge is 0.401 e. The Morgan fingerprint density at radius 2 is 1.81 bits per heavy atom. The van der Waals surface area contributed by atoms with E-state index in [-0.39, 0.29) is 11.8 Å². The van der Waals surface area contributed by atoms with Gasteiger partial charge in [0.05, 0.1) is 6.54 Å². The lowest BCUT2D eigenvalue weighted by Crippen LogP contribution is -2.58. The maximum Gasteiger partial charge on any atom is 0.401 e. The molecule has 1 aliphatic carbocycles. The first-order chi connectivity index (χ1) is 9.58. The maximum absolute atomic E-state index is 12.6. The predicted octanol–water partition coefficient (Wildman–Crippen LogP) is 2.59. The second kappa shape index (κ2) is 5.02. The fourth-order valence-corrected chi connectivity index (χ4v) is 2.99. The molecule has 3 nitrogen and oxygen atoms in total. The molecule has 116 valence electrons. The molecule has 0 saturated heterocycles. The molecule has 1 amide bonds. The number of carbonyl (C=O) groups excluding carboxylic acids is 1. The van der Waals surface area contributed by atoms with Gasteiger partial charge in [0.1, 0.15) is 5.54 Å². The lowest BCUT2D eigenvalue weighted by molar-refractivity contribution is -0.137. The number of amides is 1. The third kappa shape index (κ3) is 2.90. The Hall–Kier alpha value is -1.56. The van der Waals surface area contributed by atoms with Crippen molar-refractivity contribution in [2.75, 3.05) is 6.54 Å². The number of nitrogens with two attached hydrogens (primary N) is 1. The number of alkyl halides is 3. The van der Waals surface area contributed by atoms with Crippen molar-refractivity contribution < 1.29 is 18.0 Å². The quantitative estimate of drug-likeness (QED) is 0.901. The van der Waals surface area contributed by atoms with Gasteiger partial charge in [-0.25, -0.2) is 0 Å². The molecule has 1 aliphatic rings. The highest BCUT2D eigenvalue weighted by Crippen LogP contribution is 2.44. The normalized spacial score (nSPS) is 24.4. The number of primary amides is 1. The summed E-state index contributed by atoms with van der Waals surface area (Å²) in [5.41, 5.74) is 5.23. The molecule has 0 heterocycles. The van der Waals surface area contributed by atoms with Crippen molar-refractivity contribution in [2.24, 2.45) is 5.73 Å². The molecule has 2 rings (SSSR count). The van der Waals surface area contributed by atoms with Crippen LogP contribution < -0.4 is 11.1 Å². The van der Waals surface area contributed by atoms with E-state index in [2.05, 4.69) is 5.32 Å². The molecule has 1 aromatic carbocycles.